The minimum absolute atomic E-state index is 0.0719. The van der Waals surface area contributed by atoms with E-state index in [4.69, 9.17) is 13.9 Å². The lowest BCUT2D eigenvalue weighted by Crippen LogP contribution is -2.34. The molecule has 6 heteroatoms. The average Bonchev–Trinajstić information content (AvgIpc) is 3.10. The lowest BCUT2D eigenvalue weighted by Gasteiger charge is -2.13. The summed E-state index contributed by atoms with van der Waals surface area (Å²) in [4.78, 5) is 12.4. The van der Waals surface area contributed by atoms with E-state index in [0.717, 1.165) is 37.7 Å². The van der Waals surface area contributed by atoms with E-state index in [1.807, 2.05) is 57.2 Å². The van der Waals surface area contributed by atoms with Crippen molar-refractivity contribution in [2.45, 2.75) is 26.8 Å². The minimum Gasteiger partial charge on any atom is -0.493 e. The van der Waals surface area contributed by atoms with Gasteiger partial charge in [0.15, 0.2) is 0 Å². The van der Waals surface area contributed by atoms with Gasteiger partial charge in [-0.15, -0.1) is 0 Å². The molecule has 1 N–H and O–H groups in total. The van der Waals surface area contributed by atoms with E-state index in [2.05, 4.69) is 21.2 Å². The molecular formula is C24H26BrNO4. The lowest BCUT2D eigenvalue weighted by molar-refractivity contribution is -0.117. The third-order valence-corrected chi connectivity index (χ3v) is 5.18. The summed E-state index contributed by atoms with van der Waals surface area (Å²) in [7, 11) is 1.61. The normalized spacial score (nSPS) is 12.8. The van der Waals surface area contributed by atoms with Crippen LogP contribution in [0.25, 0.3) is 27.7 Å². The number of fused-ring (bicyclic) bond motifs is 1. The van der Waals surface area contributed by atoms with Gasteiger partial charge in [-0.05, 0) is 50.1 Å². The van der Waals surface area contributed by atoms with E-state index in [0.29, 0.717) is 19.0 Å². The first-order chi connectivity index (χ1) is 14.4. The highest BCUT2D eigenvalue weighted by Crippen LogP contribution is 2.38. The Morgan fingerprint density at radius 3 is 2.80 bits per heavy atom. The number of hydrogen-bond acceptors (Lipinski definition) is 4. The van der Waals surface area contributed by atoms with Crippen LogP contribution >= 0.6 is 15.9 Å². The zero-order chi connectivity index (χ0) is 21.7. The average molecular weight is 472 g/mol. The van der Waals surface area contributed by atoms with E-state index in [1.165, 1.54) is 0 Å². The highest BCUT2D eigenvalue weighted by Gasteiger charge is 2.16. The van der Waals surface area contributed by atoms with Gasteiger partial charge in [-0.3, -0.25) is 4.79 Å². The SMILES string of the molecule is CCOc1cc2occ(-c3cccc(Br)c3)c2cc1/C(C)=C/C(=O)NC(C)COC. The first-order valence-corrected chi connectivity index (χ1v) is 10.6. The molecule has 3 aromatic rings. The van der Waals surface area contributed by atoms with Crippen LogP contribution in [0.3, 0.4) is 0 Å². The summed E-state index contributed by atoms with van der Waals surface area (Å²) in [5.41, 5.74) is 4.44. The van der Waals surface area contributed by atoms with Gasteiger partial charge in [-0.25, -0.2) is 0 Å². The molecule has 5 nitrogen and oxygen atoms in total. The molecule has 0 radical (unpaired) electrons. The van der Waals surface area contributed by atoms with Crippen LogP contribution in [0.4, 0.5) is 0 Å². The Morgan fingerprint density at radius 1 is 1.30 bits per heavy atom. The second-order valence-electron chi connectivity index (χ2n) is 7.13. The number of allylic oxidation sites excluding steroid dienone is 1. The van der Waals surface area contributed by atoms with Crippen molar-refractivity contribution in [1.82, 2.24) is 5.32 Å². The van der Waals surface area contributed by atoms with Gasteiger partial charge in [0.2, 0.25) is 5.91 Å². The van der Waals surface area contributed by atoms with Crippen molar-refractivity contribution in [2.75, 3.05) is 20.3 Å². The maximum Gasteiger partial charge on any atom is 0.244 e. The minimum atomic E-state index is -0.168. The molecule has 0 aliphatic carbocycles. The monoisotopic (exact) mass is 471 g/mol. The van der Waals surface area contributed by atoms with Crippen molar-refractivity contribution in [1.29, 1.82) is 0 Å². The Hall–Kier alpha value is -2.57. The Labute approximate surface area is 185 Å². The molecule has 0 aliphatic rings. The maximum atomic E-state index is 12.4. The lowest BCUT2D eigenvalue weighted by atomic mass is 9.99. The van der Waals surface area contributed by atoms with Crippen molar-refractivity contribution in [3.63, 3.8) is 0 Å². The Kier molecular flexibility index (Phi) is 7.34. The number of carbonyl (C=O) groups is 1. The number of methoxy groups -OCH3 is 1. The fraction of sp³-hybridized carbons (Fsp3) is 0.292. The first kappa shape index (κ1) is 22.1. The Balaban J connectivity index is 2.03. The predicted octanol–water partition coefficient (Wildman–Crippen LogP) is 5.82. The zero-order valence-corrected chi connectivity index (χ0v) is 19.2. The van der Waals surface area contributed by atoms with Crippen molar-refractivity contribution in [2.24, 2.45) is 0 Å². The molecule has 1 amide bonds. The highest BCUT2D eigenvalue weighted by molar-refractivity contribution is 9.10. The number of ether oxygens (including phenoxy) is 2. The van der Waals surface area contributed by atoms with Gasteiger partial charge in [0.25, 0.3) is 0 Å². The Morgan fingerprint density at radius 2 is 2.10 bits per heavy atom. The standard InChI is InChI=1S/C24H26BrNO4/c1-5-29-22-12-23-20(21(14-30-23)17-7-6-8-18(25)10-17)11-19(22)15(2)9-24(27)26-16(3)13-28-4/h6-12,14,16H,5,13H2,1-4H3,(H,26,27)/b15-9+. The summed E-state index contributed by atoms with van der Waals surface area (Å²) in [6, 6.07) is 11.9. The topological polar surface area (TPSA) is 60.7 Å². The molecule has 158 valence electrons. The van der Waals surface area contributed by atoms with Crippen LogP contribution in [0.15, 0.2) is 57.6 Å². The number of nitrogens with one attached hydrogen (secondary N) is 1. The van der Waals surface area contributed by atoms with Crippen LogP contribution in [0.5, 0.6) is 5.75 Å². The number of hydrogen-bond donors (Lipinski definition) is 1. The number of halogens is 1. The summed E-state index contributed by atoms with van der Waals surface area (Å²) >= 11 is 3.53. The molecule has 0 saturated carbocycles. The predicted molar refractivity (Wildman–Crippen MR) is 124 cm³/mol. The van der Waals surface area contributed by atoms with Crippen LogP contribution in [-0.4, -0.2) is 32.3 Å². The van der Waals surface area contributed by atoms with Gasteiger partial charge in [0.1, 0.15) is 11.3 Å². The van der Waals surface area contributed by atoms with E-state index < -0.39 is 0 Å². The van der Waals surface area contributed by atoms with Gasteiger partial charge < -0.3 is 19.2 Å². The van der Waals surface area contributed by atoms with Gasteiger partial charge in [0, 0.05) is 46.3 Å². The summed E-state index contributed by atoms with van der Waals surface area (Å²) in [5, 5.41) is 3.87. The number of carbonyl (C=O) groups excluding carboxylic acids is 1. The molecule has 0 fully saturated rings. The van der Waals surface area contributed by atoms with Crippen LogP contribution in [0.2, 0.25) is 0 Å². The van der Waals surface area contributed by atoms with Crippen LogP contribution in [-0.2, 0) is 9.53 Å². The van der Waals surface area contributed by atoms with Crippen molar-refractivity contribution in [3.05, 3.63) is 58.8 Å². The second kappa shape index (κ2) is 9.96. The molecule has 30 heavy (non-hydrogen) atoms. The molecular weight excluding hydrogens is 446 g/mol. The van der Waals surface area contributed by atoms with Crippen molar-refractivity contribution in [3.8, 4) is 16.9 Å². The smallest absolute Gasteiger partial charge is 0.244 e. The summed E-state index contributed by atoms with van der Waals surface area (Å²) in [6.07, 6.45) is 3.35. The maximum absolute atomic E-state index is 12.4. The fourth-order valence-electron chi connectivity index (χ4n) is 3.37. The number of furan rings is 1. The Bertz CT molecular complexity index is 1070. The van der Waals surface area contributed by atoms with E-state index in [-0.39, 0.29) is 11.9 Å². The fourth-order valence-corrected chi connectivity index (χ4v) is 3.77. The van der Waals surface area contributed by atoms with Gasteiger partial charge in [-0.2, -0.15) is 0 Å². The molecule has 1 atom stereocenters. The van der Waals surface area contributed by atoms with Gasteiger partial charge >= 0.3 is 0 Å². The van der Waals surface area contributed by atoms with Crippen LogP contribution in [0, 0.1) is 0 Å². The van der Waals surface area contributed by atoms with E-state index >= 15 is 0 Å². The third-order valence-electron chi connectivity index (χ3n) is 4.69. The molecule has 1 unspecified atom stereocenters. The summed E-state index contributed by atoms with van der Waals surface area (Å²) < 4.78 is 17.7. The quantitative estimate of drug-likeness (QED) is 0.420. The molecule has 1 aromatic heterocycles. The van der Waals surface area contributed by atoms with Crippen LogP contribution in [0.1, 0.15) is 26.3 Å². The van der Waals surface area contributed by atoms with E-state index in [9.17, 15) is 4.79 Å². The number of rotatable bonds is 8. The largest absolute Gasteiger partial charge is 0.493 e. The summed E-state index contributed by atoms with van der Waals surface area (Å²) in [6.45, 7) is 6.71. The van der Waals surface area contributed by atoms with Crippen molar-refractivity contribution < 1.29 is 18.7 Å². The second-order valence-corrected chi connectivity index (χ2v) is 8.05. The number of amides is 1. The van der Waals surface area contributed by atoms with Gasteiger partial charge in [0.05, 0.1) is 19.5 Å². The molecule has 0 aliphatic heterocycles. The molecule has 2 aromatic carbocycles. The van der Waals surface area contributed by atoms with Crippen molar-refractivity contribution >= 4 is 38.4 Å². The first-order valence-electron chi connectivity index (χ1n) is 9.85. The highest BCUT2D eigenvalue weighted by atomic mass is 79.9. The van der Waals surface area contributed by atoms with Gasteiger partial charge in [-0.1, -0.05) is 28.1 Å². The van der Waals surface area contributed by atoms with Crippen LogP contribution < -0.4 is 10.1 Å². The summed E-state index contributed by atoms with van der Waals surface area (Å²) in [5.74, 6) is 0.519. The molecule has 0 spiro atoms. The molecule has 0 bridgehead atoms. The number of benzene rings is 2. The molecule has 0 saturated heterocycles. The molecule has 1 heterocycles. The zero-order valence-electron chi connectivity index (χ0n) is 17.6. The molecule has 3 rings (SSSR count). The van der Waals surface area contributed by atoms with E-state index in [1.54, 1.807) is 19.4 Å². The third kappa shape index (κ3) is 5.12.